The van der Waals surface area contributed by atoms with Crippen LogP contribution in [0.1, 0.15) is 36.4 Å². The highest BCUT2D eigenvalue weighted by Crippen LogP contribution is 2.41. The molecule has 1 aliphatic carbocycles. The van der Waals surface area contributed by atoms with Gasteiger partial charge in [0.25, 0.3) is 5.69 Å². The summed E-state index contributed by atoms with van der Waals surface area (Å²) in [6.07, 6.45) is 2.25. The zero-order valence-electron chi connectivity index (χ0n) is 16.5. The lowest BCUT2D eigenvalue weighted by molar-refractivity contribution is -0.384. The number of aryl methyl sites for hydroxylation is 1. The van der Waals surface area contributed by atoms with Crippen LogP contribution in [0.15, 0.2) is 47.4 Å². The molecule has 0 aliphatic heterocycles. The number of nitro groups is 1. The van der Waals surface area contributed by atoms with Crippen molar-refractivity contribution in [1.82, 2.24) is 5.32 Å². The molecule has 3 rings (SSSR count). The van der Waals surface area contributed by atoms with Gasteiger partial charge in [-0.3, -0.25) is 14.9 Å². The van der Waals surface area contributed by atoms with Crippen LogP contribution in [0.3, 0.4) is 0 Å². The van der Waals surface area contributed by atoms with Crippen molar-refractivity contribution in [2.75, 3.05) is 11.9 Å². The largest absolute Gasteiger partial charge is 0.379 e. The number of nitrogens with two attached hydrogens (primary N) is 1. The molecular formula is C20H24N4O5S. The van der Waals surface area contributed by atoms with Gasteiger partial charge in [-0.1, -0.05) is 29.8 Å². The number of benzene rings is 2. The van der Waals surface area contributed by atoms with Crippen molar-refractivity contribution >= 4 is 27.3 Å². The first-order chi connectivity index (χ1) is 14.1. The summed E-state index contributed by atoms with van der Waals surface area (Å²) in [5, 5.41) is 22.2. The number of amides is 1. The van der Waals surface area contributed by atoms with Gasteiger partial charge < -0.3 is 10.6 Å². The zero-order chi connectivity index (χ0) is 21.9. The molecule has 10 heteroatoms. The summed E-state index contributed by atoms with van der Waals surface area (Å²) in [5.74, 6) is 0.264. The van der Waals surface area contributed by atoms with Gasteiger partial charge in [0.15, 0.2) is 0 Å². The fourth-order valence-electron chi connectivity index (χ4n) is 3.22. The first-order valence-corrected chi connectivity index (χ1v) is 11.1. The van der Waals surface area contributed by atoms with Crippen LogP contribution < -0.4 is 15.8 Å². The van der Waals surface area contributed by atoms with E-state index in [1.54, 1.807) is 0 Å². The summed E-state index contributed by atoms with van der Waals surface area (Å²) in [6.45, 7) is 2.17. The summed E-state index contributed by atoms with van der Waals surface area (Å²) in [4.78, 5) is 22.7. The fourth-order valence-corrected chi connectivity index (χ4v) is 3.76. The molecule has 1 saturated carbocycles. The molecule has 0 radical (unpaired) electrons. The van der Waals surface area contributed by atoms with Gasteiger partial charge in [0.1, 0.15) is 5.69 Å². The van der Waals surface area contributed by atoms with Crippen LogP contribution in [-0.2, 0) is 14.8 Å². The molecule has 0 spiro atoms. The third kappa shape index (κ3) is 5.55. The summed E-state index contributed by atoms with van der Waals surface area (Å²) in [6, 6.07) is 11.4. The van der Waals surface area contributed by atoms with E-state index >= 15 is 0 Å². The molecular weight excluding hydrogens is 408 g/mol. The number of hydrogen-bond acceptors (Lipinski definition) is 6. The van der Waals surface area contributed by atoms with Crippen molar-refractivity contribution in [3.63, 3.8) is 0 Å². The molecule has 0 heterocycles. The van der Waals surface area contributed by atoms with Gasteiger partial charge in [0.2, 0.25) is 15.9 Å². The van der Waals surface area contributed by atoms with E-state index < -0.39 is 20.6 Å². The van der Waals surface area contributed by atoms with Crippen molar-refractivity contribution in [2.45, 2.75) is 37.1 Å². The predicted molar refractivity (Wildman–Crippen MR) is 112 cm³/mol. The molecule has 1 amide bonds. The molecule has 9 nitrogen and oxygen atoms in total. The predicted octanol–water partition coefficient (Wildman–Crippen LogP) is 2.62. The molecule has 0 bridgehead atoms. The molecule has 0 saturated heterocycles. The highest BCUT2D eigenvalue weighted by Gasteiger charge is 2.33. The van der Waals surface area contributed by atoms with E-state index in [9.17, 15) is 23.3 Å². The molecule has 1 atom stereocenters. The molecule has 30 heavy (non-hydrogen) atoms. The summed E-state index contributed by atoms with van der Waals surface area (Å²) in [7, 11) is -4.05. The minimum absolute atomic E-state index is 0.0403. The Morgan fingerprint density at radius 3 is 2.47 bits per heavy atom. The molecule has 1 unspecified atom stereocenters. The molecule has 4 N–H and O–H groups in total. The number of rotatable bonds is 9. The van der Waals surface area contributed by atoms with E-state index in [2.05, 4.69) is 10.6 Å². The highest BCUT2D eigenvalue weighted by atomic mass is 32.2. The van der Waals surface area contributed by atoms with Gasteiger partial charge in [-0.05, 0) is 43.4 Å². The number of carbonyl (C=O) groups is 1. The smallest absolute Gasteiger partial charge is 0.293 e. The Bertz CT molecular complexity index is 1050. The Hall–Kier alpha value is -2.98. The van der Waals surface area contributed by atoms with Crippen molar-refractivity contribution in [3.05, 3.63) is 63.7 Å². The molecule has 160 valence electrons. The fraction of sp³-hybridized carbons (Fsp3) is 0.350. The summed E-state index contributed by atoms with van der Waals surface area (Å²) in [5.41, 5.74) is 1.92. The number of nitrogens with one attached hydrogen (secondary N) is 2. The number of hydrogen-bond donors (Lipinski definition) is 3. The van der Waals surface area contributed by atoms with Crippen LogP contribution in [0, 0.1) is 23.0 Å². The number of carbonyl (C=O) groups excluding carboxylic acids is 1. The molecule has 2 aromatic rings. The van der Waals surface area contributed by atoms with Crippen LogP contribution >= 0.6 is 0 Å². The monoisotopic (exact) mass is 432 g/mol. The van der Waals surface area contributed by atoms with E-state index in [0.29, 0.717) is 5.92 Å². The second-order valence-corrected chi connectivity index (χ2v) is 9.01. The highest BCUT2D eigenvalue weighted by molar-refractivity contribution is 7.89. The van der Waals surface area contributed by atoms with Crippen LogP contribution in [0.2, 0.25) is 0 Å². The average Bonchev–Trinajstić information content (AvgIpc) is 3.51. The van der Waals surface area contributed by atoms with Gasteiger partial charge in [0, 0.05) is 19.0 Å². The van der Waals surface area contributed by atoms with Crippen molar-refractivity contribution in [2.24, 2.45) is 11.1 Å². The van der Waals surface area contributed by atoms with Crippen LogP contribution in [0.5, 0.6) is 0 Å². The number of sulfonamides is 1. The third-order valence-corrected chi connectivity index (χ3v) is 5.92. The Morgan fingerprint density at radius 2 is 1.90 bits per heavy atom. The maximum Gasteiger partial charge on any atom is 0.293 e. The lowest BCUT2D eigenvalue weighted by Gasteiger charge is -2.19. The van der Waals surface area contributed by atoms with E-state index in [0.717, 1.165) is 30.0 Å². The summed E-state index contributed by atoms with van der Waals surface area (Å²) < 4.78 is 22.8. The topological polar surface area (TPSA) is 144 Å². The van der Waals surface area contributed by atoms with Gasteiger partial charge >= 0.3 is 0 Å². The van der Waals surface area contributed by atoms with Crippen molar-refractivity contribution in [1.29, 1.82) is 0 Å². The lowest BCUT2D eigenvalue weighted by Crippen LogP contribution is -2.31. The van der Waals surface area contributed by atoms with Crippen LogP contribution in [-0.4, -0.2) is 25.8 Å². The van der Waals surface area contributed by atoms with Crippen molar-refractivity contribution < 1.29 is 18.1 Å². The van der Waals surface area contributed by atoms with Crippen LogP contribution in [0.25, 0.3) is 0 Å². The molecule has 1 fully saturated rings. The molecule has 0 aromatic heterocycles. The second-order valence-electron chi connectivity index (χ2n) is 7.45. The lowest BCUT2D eigenvalue weighted by atomic mass is 10.0. The number of nitro benzene ring substituents is 1. The first-order valence-electron chi connectivity index (χ1n) is 9.56. The number of primary sulfonamides is 1. The third-order valence-electron chi connectivity index (χ3n) is 5.01. The minimum Gasteiger partial charge on any atom is -0.379 e. The van der Waals surface area contributed by atoms with E-state index in [1.807, 2.05) is 31.2 Å². The normalized spacial score (nSPS) is 14.7. The first kappa shape index (κ1) is 21.7. The SMILES string of the molecule is Cc1ccc(C(NC(=O)CCNc2ccc(S(N)(=O)=O)cc2[N+](=O)[O-])C2CC2)cc1. The Morgan fingerprint density at radius 1 is 1.23 bits per heavy atom. The molecule has 1 aliphatic rings. The minimum atomic E-state index is -4.05. The molecule has 2 aromatic carbocycles. The van der Waals surface area contributed by atoms with E-state index in [-0.39, 0.29) is 35.5 Å². The quantitative estimate of drug-likeness (QED) is 0.410. The maximum absolute atomic E-state index is 12.4. The number of anilines is 1. The van der Waals surface area contributed by atoms with Gasteiger partial charge in [-0.15, -0.1) is 0 Å². The van der Waals surface area contributed by atoms with Crippen molar-refractivity contribution in [3.8, 4) is 0 Å². The van der Waals surface area contributed by atoms with Crippen LogP contribution in [0.4, 0.5) is 11.4 Å². The van der Waals surface area contributed by atoms with E-state index in [4.69, 9.17) is 5.14 Å². The zero-order valence-corrected chi connectivity index (χ0v) is 17.3. The van der Waals surface area contributed by atoms with E-state index in [1.165, 1.54) is 12.1 Å². The Kier molecular flexibility index (Phi) is 6.37. The maximum atomic E-state index is 12.4. The number of nitrogens with zero attached hydrogens (tertiary/aromatic N) is 1. The average molecular weight is 433 g/mol. The summed E-state index contributed by atoms with van der Waals surface area (Å²) >= 11 is 0. The van der Waals surface area contributed by atoms with Gasteiger partial charge in [0.05, 0.1) is 15.9 Å². The standard InChI is InChI=1S/C20H24N4O5S/c1-13-2-4-14(5-3-13)20(15-6-7-15)23-19(25)10-11-22-17-9-8-16(30(21,28)29)12-18(17)24(26)27/h2-5,8-9,12,15,20,22H,6-7,10-11H2,1H3,(H,23,25)(H2,21,28,29). The van der Waals surface area contributed by atoms with Gasteiger partial charge in [-0.2, -0.15) is 0 Å². The Balaban J connectivity index is 1.61. The van der Waals surface area contributed by atoms with Gasteiger partial charge in [-0.25, -0.2) is 13.6 Å². The second kappa shape index (κ2) is 8.80. The Labute approximate surface area is 174 Å².